The summed E-state index contributed by atoms with van der Waals surface area (Å²) in [5.74, 6) is 0.733. The number of aromatic nitrogens is 1. The predicted molar refractivity (Wildman–Crippen MR) is 77.2 cm³/mol. The summed E-state index contributed by atoms with van der Waals surface area (Å²) in [6.45, 7) is 9.57. The van der Waals surface area contributed by atoms with E-state index in [9.17, 15) is 0 Å². The zero-order valence-electron chi connectivity index (χ0n) is 12.0. The second kappa shape index (κ2) is 7.74. The zero-order chi connectivity index (χ0) is 14.3. The fraction of sp³-hybridized carbons (Fsp3) is 0.571. The van der Waals surface area contributed by atoms with Gasteiger partial charge in [-0.2, -0.15) is 0 Å². The Morgan fingerprint density at radius 1 is 1.53 bits per heavy atom. The maximum Gasteiger partial charge on any atom is 0.188 e. The van der Waals surface area contributed by atoms with Gasteiger partial charge in [0.25, 0.3) is 0 Å². The van der Waals surface area contributed by atoms with Gasteiger partial charge in [-0.15, -0.1) is 0 Å². The summed E-state index contributed by atoms with van der Waals surface area (Å²) in [7, 11) is 0. The van der Waals surface area contributed by atoms with Crippen LogP contribution in [0.1, 0.15) is 38.4 Å². The number of nitrogens with zero attached hydrogens (tertiary/aromatic N) is 3. The van der Waals surface area contributed by atoms with Crippen molar-refractivity contribution >= 4 is 5.84 Å². The van der Waals surface area contributed by atoms with Gasteiger partial charge in [-0.05, 0) is 30.2 Å². The van der Waals surface area contributed by atoms with Gasteiger partial charge in [-0.3, -0.25) is 9.88 Å². The van der Waals surface area contributed by atoms with Crippen molar-refractivity contribution in [2.24, 2.45) is 16.8 Å². The summed E-state index contributed by atoms with van der Waals surface area (Å²) in [6, 6.07) is 3.84. The van der Waals surface area contributed by atoms with Gasteiger partial charge in [0.15, 0.2) is 5.84 Å². The van der Waals surface area contributed by atoms with E-state index in [0.717, 1.165) is 25.2 Å². The molecule has 0 saturated heterocycles. The first kappa shape index (κ1) is 15.4. The second-order valence-electron chi connectivity index (χ2n) is 4.88. The average Bonchev–Trinajstić information content (AvgIpc) is 2.45. The van der Waals surface area contributed by atoms with Gasteiger partial charge in [0.1, 0.15) is 5.69 Å². The number of hydrogen-bond donors (Lipinski definition) is 2. The third-order valence-corrected chi connectivity index (χ3v) is 3.31. The van der Waals surface area contributed by atoms with Gasteiger partial charge in [0.2, 0.25) is 0 Å². The van der Waals surface area contributed by atoms with E-state index in [4.69, 9.17) is 10.9 Å². The molecule has 1 rings (SSSR count). The molecule has 0 radical (unpaired) electrons. The maximum atomic E-state index is 8.67. The molecule has 1 unspecified atom stereocenters. The van der Waals surface area contributed by atoms with Gasteiger partial charge in [0, 0.05) is 19.3 Å². The smallest absolute Gasteiger partial charge is 0.188 e. The highest BCUT2D eigenvalue weighted by Crippen LogP contribution is 2.10. The quantitative estimate of drug-likeness (QED) is 0.342. The minimum absolute atomic E-state index is 0.0480. The Balaban J connectivity index is 2.74. The van der Waals surface area contributed by atoms with Crippen molar-refractivity contribution in [1.82, 2.24) is 9.88 Å². The van der Waals surface area contributed by atoms with Crippen LogP contribution in [0, 0.1) is 5.92 Å². The van der Waals surface area contributed by atoms with Crippen molar-refractivity contribution in [2.45, 2.75) is 33.7 Å². The summed E-state index contributed by atoms with van der Waals surface area (Å²) in [6.07, 6.45) is 2.88. The second-order valence-corrected chi connectivity index (χ2v) is 4.88. The molecule has 0 aliphatic carbocycles. The van der Waals surface area contributed by atoms with Crippen LogP contribution in [0.4, 0.5) is 0 Å². The summed E-state index contributed by atoms with van der Waals surface area (Å²) < 4.78 is 0. The average molecular weight is 264 g/mol. The summed E-state index contributed by atoms with van der Waals surface area (Å²) in [5.41, 5.74) is 7.19. The molecule has 0 aromatic carbocycles. The third kappa shape index (κ3) is 4.87. The highest BCUT2D eigenvalue weighted by Gasteiger charge is 2.09. The topological polar surface area (TPSA) is 74.7 Å². The van der Waals surface area contributed by atoms with Crippen LogP contribution >= 0.6 is 0 Å². The summed E-state index contributed by atoms with van der Waals surface area (Å²) in [4.78, 5) is 6.47. The minimum atomic E-state index is 0.0480. The molecule has 1 aromatic heterocycles. The van der Waals surface area contributed by atoms with E-state index in [-0.39, 0.29) is 5.84 Å². The maximum absolute atomic E-state index is 8.67. The highest BCUT2D eigenvalue weighted by atomic mass is 16.4. The summed E-state index contributed by atoms with van der Waals surface area (Å²) in [5, 5.41) is 11.6. The lowest BCUT2D eigenvalue weighted by Crippen LogP contribution is -2.28. The predicted octanol–water partition coefficient (Wildman–Crippen LogP) is 2.04. The Morgan fingerprint density at radius 3 is 2.84 bits per heavy atom. The third-order valence-electron chi connectivity index (χ3n) is 3.31. The lowest BCUT2D eigenvalue weighted by molar-refractivity contribution is 0.238. The number of pyridine rings is 1. The minimum Gasteiger partial charge on any atom is -0.409 e. The SMILES string of the molecule is CCC(C)CN(CC)Cc1ccnc(C(N)=NO)c1. The first-order chi connectivity index (χ1) is 9.10. The van der Waals surface area contributed by atoms with E-state index in [0.29, 0.717) is 11.6 Å². The van der Waals surface area contributed by atoms with Gasteiger partial charge in [-0.1, -0.05) is 32.3 Å². The van der Waals surface area contributed by atoms with E-state index >= 15 is 0 Å². The van der Waals surface area contributed by atoms with Crippen molar-refractivity contribution in [3.05, 3.63) is 29.6 Å². The molecular weight excluding hydrogens is 240 g/mol. The fourth-order valence-electron chi connectivity index (χ4n) is 1.90. The number of amidine groups is 1. The first-order valence-corrected chi connectivity index (χ1v) is 6.75. The van der Waals surface area contributed by atoms with Crippen LogP contribution < -0.4 is 5.73 Å². The van der Waals surface area contributed by atoms with Gasteiger partial charge in [-0.25, -0.2) is 0 Å². The molecule has 0 fully saturated rings. The molecule has 0 aliphatic heterocycles. The van der Waals surface area contributed by atoms with Crippen LogP contribution in [0.3, 0.4) is 0 Å². The molecule has 3 N–H and O–H groups in total. The molecule has 0 amide bonds. The molecule has 1 atom stereocenters. The van der Waals surface area contributed by atoms with Crippen LogP contribution in [0.25, 0.3) is 0 Å². The van der Waals surface area contributed by atoms with Crippen LogP contribution in [-0.4, -0.2) is 34.0 Å². The van der Waals surface area contributed by atoms with Crippen molar-refractivity contribution in [2.75, 3.05) is 13.1 Å². The van der Waals surface area contributed by atoms with Crippen LogP contribution in [-0.2, 0) is 6.54 Å². The molecule has 0 spiro atoms. The van der Waals surface area contributed by atoms with E-state index in [1.54, 1.807) is 6.20 Å². The van der Waals surface area contributed by atoms with E-state index < -0.39 is 0 Å². The molecule has 0 saturated carbocycles. The largest absolute Gasteiger partial charge is 0.409 e. The number of rotatable bonds is 7. The molecule has 106 valence electrons. The van der Waals surface area contributed by atoms with E-state index in [1.807, 2.05) is 12.1 Å². The fourth-order valence-corrected chi connectivity index (χ4v) is 1.90. The lowest BCUT2D eigenvalue weighted by atomic mass is 10.1. The zero-order valence-corrected chi connectivity index (χ0v) is 12.0. The van der Waals surface area contributed by atoms with Gasteiger partial charge in [0.05, 0.1) is 0 Å². The molecule has 5 nitrogen and oxygen atoms in total. The normalized spacial score (nSPS) is 13.8. The van der Waals surface area contributed by atoms with Crippen LogP contribution in [0.5, 0.6) is 0 Å². The Kier molecular flexibility index (Phi) is 6.29. The first-order valence-electron chi connectivity index (χ1n) is 6.75. The molecule has 1 aromatic rings. The number of nitrogens with two attached hydrogens (primary N) is 1. The molecule has 1 heterocycles. The molecule has 5 heteroatoms. The van der Waals surface area contributed by atoms with Crippen molar-refractivity contribution in [1.29, 1.82) is 0 Å². The Labute approximate surface area is 115 Å². The molecule has 19 heavy (non-hydrogen) atoms. The number of hydrogen-bond acceptors (Lipinski definition) is 4. The van der Waals surface area contributed by atoms with E-state index in [1.165, 1.54) is 6.42 Å². The lowest BCUT2D eigenvalue weighted by Gasteiger charge is -2.23. The molecule has 0 bridgehead atoms. The van der Waals surface area contributed by atoms with Crippen molar-refractivity contribution in [3.8, 4) is 0 Å². The van der Waals surface area contributed by atoms with Gasteiger partial charge >= 0.3 is 0 Å². The van der Waals surface area contributed by atoms with Gasteiger partial charge < -0.3 is 10.9 Å². The standard InChI is InChI=1S/C14H24N4O/c1-4-11(3)9-18(5-2)10-12-6-7-16-13(8-12)14(15)17-19/h6-8,11,19H,4-5,9-10H2,1-3H3,(H2,15,17). The Morgan fingerprint density at radius 2 is 2.26 bits per heavy atom. The Hall–Kier alpha value is -1.62. The summed E-state index contributed by atoms with van der Waals surface area (Å²) >= 11 is 0. The molecular formula is C14H24N4O. The van der Waals surface area contributed by atoms with Crippen LogP contribution in [0.15, 0.2) is 23.5 Å². The highest BCUT2D eigenvalue weighted by molar-refractivity contribution is 5.95. The van der Waals surface area contributed by atoms with Crippen LogP contribution in [0.2, 0.25) is 0 Å². The van der Waals surface area contributed by atoms with Crippen molar-refractivity contribution in [3.63, 3.8) is 0 Å². The Bertz CT molecular complexity index is 420. The number of oxime groups is 1. The monoisotopic (exact) mass is 264 g/mol. The molecule has 0 aliphatic rings. The van der Waals surface area contributed by atoms with E-state index in [2.05, 4.69) is 35.8 Å². The van der Waals surface area contributed by atoms with Crippen molar-refractivity contribution < 1.29 is 5.21 Å².